The second-order valence-electron chi connectivity index (χ2n) is 5.93. The van der Waals surface area contributed by atoms with E-state index in [-0.39, 0.29) is 11.2 Å². The number of methoxy groups -OCH3 is 1. The maximum atomic E-state index is 12.9. The maximum absolute atomic E-state index is 12.9. The molecule has 7 nitrogen and oxygen atoms in total. The Bertz CT molecular complexity index is 1000. The van der Waals surface area contributed by atoms with E-state index >= 15 is 0 Å². The maximum Gasteiger partial charge on any atom is 0.269 e. The van der Waals surface area contributed by atoms with E-state index in [0.29, 0.717) is 41.4 Å². The molecule has 3 aromatic rings. The van der Waals surface area contributed by atoms with Gasteiger partial charge in [-0.15, -0.1) is 0 Å². The normalized spacial score (nSPS) is 11.0. The third-order valence-electron chi connectivity index (χ3n) is 4.07. The largest absolute Gasteiger partial charge is 0.385 e. The van der Waals surface area contributed by atoms with E-state index in [1.807, 2.05) is 18.2 Å². The van der Waals surface area contributed by atoms with Gasteiger partial charge in [0.05, 0.1) is 15.8 Å². The molecule has 0 bridgehead atoms. The summed E-state index contributed by atoms with van der Waals surface area (Å²) in [7, 11) is 1.63. The number of nitro benzene ring substituents is 1. The summed E-state index contributed by atoms with van der Waals surface area (Å²) in [5, 5.41) is 12.0. The van der Waals surface area contributed by atoms with E-state index in [1.165, 1.54) is 23.9 Å². The van der Waals surface area contributed by atoms with Gasteiger partial charge in [-0.25, -0.2) is 4.98 Å². The Hall–Kier alpha value is -2.71. The molecule has 0 fully saturated rings. The van der Waals surface area contributed by atoms with Crippen LogP contribution in [0.4, 0.5) is 5.69 Å². The lowest BCUT2D eigenvalue weighted by atomic mass is 10.2. The minimum atomic E-state index is -0.421. The van der Waals surface area contributed by atoms with Gasteiger partial charge in [0.1, 0.15) is 0 Å². The number of nitrogens with zero attached hydrogens (tertiary/aromatic N) is 3. The summed E-state index contributed by atoms with van der Waals surface area (Å²) >= 11 is 1.44. The molecule has 27 heavy (non-hydrogen) atoms. The van der Waals surface area contributed by atoms with Crippen molar-refractivity contribution in [3.8, 4) is 0 Å². The molecule has 0 N–H and O–H groups in total. The average molecular weight is 385 g/mol. The first kappa shape index (κ1) is 19.1. The zero-order chi connectivity index (χ0) is 19.2. The summed E-state index contributed by atoms with van der Waals surface area (Å²) < 4.78 is 6.77. The first-order chi connectivity index (χ1) is 13.1. The van der Waals surface area contributed by atoms with Crippen LogP contribution >= 0.6 is 11.8 Å². The van der Waals surface area contributed by atoms with Crippen molar-refractivity contribution in [2.24, 2.45) is 0 Å². The molecule has 3 rings (SSSR count). The van der Waals surface area contributed by atoms with Crippen LogP contribution in [-0.2, 0) is 17.0 Å². The lowest BCUT2D eigenvalue weighted by molar-refractivity contribution is -0.384. The van der Waals surface area contributed by atoms with Gasteiger partial charge in [0.25, 0.3) is 11.2 Å². The second kappa shape index (κ2) is 8.79. The minimum absolute atomic E-state index is 0.0593. The van der Waals surface area contributed by atoms with E-state index in [2.05, 4.69) is 4.98 Å². The molecule has 0 spiro atoms. The molecule has 0 amide bonds. The predicted molar refractivity (Wildman–Crippen MR) is 105 cm³/mol. The van der Waals surface area contributed by atoms with Gasteiger partial charge < -0.3 is 4.74 Å². The monoisotopic (exact) mass is 385 g/mol. The molecule has 0 aliphatic heterocycles. The van der Waals surface area contributed by atoms with Crippen LogP contribution in [0.5, 0.6) is 0 Å². The lowest BCUT2D eigenvalue weighted by Crippen LogP contribution is -2.24. The Morgan fingerprint density at radius 2 is 1.93 bits per heavy atom. The van der Waals surface area contributed by atoms with Gasteiger partial charge in [0.2, 0.25) is 0 Å². The number of para-hydroxylation sites is 1. The third-order valence-corrected chi connectivity index (χ3v) is 5.12. The van der Waals surface area contributed by atoms with Crippen LogP contribution in [0.15, 0.2) is 58.5 Å². The highest BCUT2D eigenvalue weighted by Crippen LogP contribution is 2.23. The van der Waals surface area contributed by atoms with E-state index in [4.69, 9.17) is 4.74 Å². The van der Waals surface area contributed by atoms with Crippen molar-refractivity contribution < 1.29 is 9.66 Å². The second-order valence-corrected chi connectivity index (χ2v) is 6.87. The Kier molecular flexibility index (Phi) is 6.20. The molecule has 8 heteroatoms. The quantitative estimate of drug-likeness (QED) is 0.193. The fraction of sp³-hybridized carbons (Fsp3) is 0.263. The Balaban J connectivity index is 1.88. The number of aromatic nitrogens is 2. The van der Waals surface area contributed by atoms with Crippen LogP contribution < -0.4 is 5.56 Å². The zero-order valence-electron chi connectivity index (χ0n) is 14.8. The first-order valence-electron chi connectivity index (χ1n) is 8.45. The van der Waals surface area contributed by atoms with Crippen molar-refractivity contribution >= 4 is 28.4 Å². The molecular formula is C19H19N3O4S. The topological polar surface area (TPSA) is 87.3 Å². The molecule has 1 heterocycles. The Labute approximate surface area is 160 Å². The van der Waals surface area contributed by atoms with Gasteiger partial charge in [0.15, 0.2) is 5.16 Å². The smallest absolute Gasteiger partial charge is 0.269 e. The van der Waals surface area contributed by atoms with Crippen LogP contribution in [0.25, 0.3) is 10.9 Å². The van der Waals surface area contributed by atoms with Gasteiger partial charge in [-0.1, -0.05) is 36.0 Å². The number of rotatable bonds is 8. The number of benzene rings is 2. The molecule has 2 aromatic carbocycles. The summed E-state index contributed by atoms with van der Waals surface area (Å²) in [5.74, 6) is 0.563. The molecule has 0 aliphatic rings. The molecule has 0 aliphatic carbocycles. The van der Waals surface area contributed by atoms with Crippen molar-refractivity contribution in [2.75, 3.05) is 13.7 Å². The number of thioether (sulfide) groups is 1. The highest BCUT2D eigenvalue weighted by atomic mass is 32.2. The van der Waals surface area contributed by atoms with Crippen LogP contribution in [0.1, 0.15) is 12.0 Å². The number of hydrogen-bond acceptors (Lipinski definition) is 6. The van der Waals surface area contributed by atoms with Crippen molar-refractivity contribution in [3.05, 3.63) is 74.6 Å². The molecule has 0 atom stereocenters. The van der Waals surface area contributed by atoms with E-state index in [1.54, 1.807) is 29.9 Å². The number of ether oxygens (including phenoxy) is 1. The molecule has 0 saturated carbocycles. The Morgan fingerprint density at radius 1 is 1.19 bits per heavy atom. The van der Waals surface area contributed by atoms with E-state index in [9.17, 15) is 14.9 Å². The minimum Gasteiger partial charge on any atom is -0.385 e. The van der Waals surface area contributed by atoms with Gasteiger partial charge >= 0.3 is 0 Å². The summed E-state index contributed by atoms with van der Waals surface area (Å²) in [4.78, 5) is 27.9. The van der Waals surface area contributed by atoms with Crippen LogP contribution in [-0.4, -0.2) is 28.2 Å². The number of hydrogen-bond donors (Lipinski definition) is 0. The summed E-state index contributed by atoms with van der Waals surface area (Å²) in [6.45, 7) is 1.08. The van der Waals surface area contributed by atoms with E-state index in [0.717, 1.165) is 5.56 Å². The molecule has 1 aromatic heterocycles. The van der Waals surface area contributed by atoms with Crippen molar-refractivity contribution in [1.29, 1.82) is 0 Å². The summed E-state index contributed by atoms with van der Waals surface area (Å²) in [6, 6.07) is 13.7. The third kappa shape index (κ3) is 4.53. The Morgan fingerprint density at radius 3 is 2.63 bits per heavy atom. The van der Waals surface area contributed by atoms with Gasteiger partial charge in [-0.2, -0.15) is 0 Å². The summed E-state index contributed by atoms with van der Waals surface area (Å²) in [6.07, 6.45) is 0.710. The van der Waals surface area contributed by atoms with Crippen molar-refractivity contribution in [1.82, 2.24) is 9.55 Å². The molecule has 0 radical (unpaired) electrons. The number of nitro groups is 1. The van der Waals surface area contributed by atoms with Gasteiger partial charge in [-0.3, -0.25) is 19.5 Å². The highest BCUT2D eigenvalue weighted by Gasteiger charge is 2.12. The zero-order valence-corrected chi connectivity index (χ0v) is 15.6. The lowest BCUT2D eigenvalue weighted by Gasteiger charge is -2.13. The molecule has 0 unspecified atom stereocenters. The van der Waals surface area contributed by atoms with Crippen LogP contribution in [0.2, 0.25) is 0 Å². The number of non-ortho nitro benzene ring substituents is 1. The molecule has 140 valence electrons. The first-order valence-corrected chi connectivity index (χ1v) is 9.43. The standard InChI is InChI=1S/C19H19N3O4S/c1-26-12-4-11-21-18(23)16-5-2-3-6-17(16)20-19(21)27-13-14-7-9-15(10-8-14)22(24)25/h2-3,5-10H,4,11-13H2,1H3. The highest BCUT2D eigenvalue weighted by molar-refractivity contribution is 7.98. The molecular weight excluding hydrogens is 366 g/mol. The fourth-order valence-corrected chi connectivity index (χ4v) is 3.66. The van der Waals surface area contributed by atoms with Gasteiger partial charge in [0, 0.05) is 38.1 Å². The molecule has 0 saturated heterocycles. The van der Waals surface area contributed by atoms with Crippen molar-refractivity contribution in [3.63, 3.8) is 0 Å². The SMILES string of the molecule is COCCCn1c(SCc2ccc([N+](=O)[O-])cc2)nc2ccccc2c1=O. The van der Waals surface area contributed by atoms with Gasteiger partial charge in [-0.05, 0) is 24.1 Å². The average Bonchev–Trinajstić information content (AvgIpc) is 2.68. The predicted octanol–water partition coefficient (Wildman–Crippen LogP) is 3.63. The number of fused-ring (bicyclic) bond motifs is 1. The van der Waals surface area contributed by atoms with Crippen LogP contribution in [0.3, 0.4) is 0 Å². The summed E-state index contributed by atoms with van der Waals surface area (Å²) in [5.41, 5.74) is 1.58. The van der Waals surface area contributed by atoms with Crippen molar-refractivity contribution in [2.45, 2.75) is 23.9 Å². The van der Waals surface area contributed by atoms with Crippen LogP contribution in [0, 0.1) is 10.1 Å². The van der Waals surface area contributed by atoms with E-state index < -0.39 is 4.92 Å². The fourth-order valence-electron chi connectivity index (χ4n) is 2.68.